The molecule has 0 bridgehead atoms. The van der Waals surface area contributed by atoms with Crippen LogP contribution in [0.2, 0.25) is 5.02 Å². The lowest BCUT2D eigenvalue weighted by Crippen LogP contribution is -2.04. The van der Waals surface area contributed by atoms with E-state index >= 15 is 0 Å². The molecule has 0 saturated heterocycles. The van der Waals surface area contributed by atoms with E-state index in [9.17, 15) is 0 Å². The van der Waals surface area contributed by atoms with Gasteiger partial charge < -0.3 is 8.83 Å². The molecule has 0 aliphatic rings. The molecule has 21 heavy (non-hydrogen) atoms. The van der Waals surface area contributed by atoms with E-state index in [0.717, 1.165) is 11.0 Å². The van der Waals surface area contributed by atoms with Gasteiger partial charge in [0, 0.05) is 25.9 Å². The average Bonchev–Trinajstić information content (AvgIpc) is 3.00. The van der Waals surface area contributed by atoms with Crippen LogP contribution in [0, 0.1) is 0 Å². The summed E-state index contributed by atoms with van der Waals surface area (Å²) < 4.78 is 11.4. The molecule has 0 unspecified atom stereocenters. The molecule has 0 fully saturated rings. The summed E-state index contributed by atoms with van der Waals surface area (Å²) >= 11 is 5.96. The SMILES string of the molecule is CC(C)(C)SSc1nnc(-c2cc3cc(Cl)ccc3o2)o1. The van der Waals surface area contributed by atoms with Crippen LogP contribution in [-0.2, 0) is 0 Å². The van der Waals surface area contributed by atoms with Gasteiger partial charge >= 0.3 is 0 Å². The first-order valence-electron chi connectivity index (χ1n) is 6.29. The summed E-state index contributed by atoms with van der Waals surface area (Å²) in [7, 11) is 3.14. The first-order valence-corrected chi connectivity index (χ1v) is 8.82. The van der Waals surface area contributed by atoms with E-state index in [2.05, 4.69) is 31.0 Å². The topological polar surface area (TPSA) is 52.1 Å². The second-order valence-electron chi connectivity index (χ2n) is 5.44. The number of benzene rings is 1. The summed E-state index contributed by atoms with van der Waals surface area (Å²) in [6.07, 6.45) is 0. The number of furan rings is 1. The van der Waals surface area contributed by atoms with Gasteiger partial charge in [0.25, 0.3) is 11.1 Å². The zero-order valence-corrected chi connectivity index (χ0v) is 14.1. The highest BCUT2D eigenvalue weighted by atomic mass is 35.5. The third kappa shape index (κ3) is 3.56. The van der Waals surface area contributed by atoms with E-state index in [-0.39, 0.29) is 4.75 Å². The predicted octanol–water partition coefficient (Wildman–Crippen LogP) is 5.68. The number of halogens is 1. The van der Waals surface area contributed by atoms with Crippen molar-refractivity contribution in [1.82, 2.24) is 10.2 Å². The molecule has 110 valence electrons. The van der Waals surface area contributed by atoms with Gasteiger partial charge in [0.1, 0.15) is 5.58 Å². The molecule has 0 saturated carbocycles. The van der Waals surface area contributed by atoms with Gasteiger partial charge in [-0.25, -0.2) is 0 Å². The Morgan fingerprint density at radius 1 is 1.10 bits per heavy atom. The van der Waals surface area contributed by atoms with Crippen molar-refractivity contribution in [1.29, 1.82) is 0 Å². The van der Waals surface area contributed by atoms with Crippen LogP contribution in [0.4, 0.5) is 0 Å². The van der Waals surface area contributed by atoms with Crippen molar-refractivity contribution in [3.63, 3.8) is 0 Å². The Morgan fingerprint density at radius 3 is 2.67 bits per heavy atom. The van der Waals surface area contributed by atoms with Crippen LogP contribution in [0.1, 0.15) is 20.8 Å². The van der Waals surface area contributed by atoms with Crippen LogP contribution in [0.5, 0.6) is 0 Å². The number of hydrogen-bond acceptors (Lipinski definition) is 6. The summed E-state index contributed by atoms with van der Waals surface area (Å²) in [4.78, 5) is 0. The fourth-order valence-electron chi connectivity index (χ4n) is 1.62. The van der Waals surface area contributed by atoms with E-state index in [1.807, 2.05) is 18.2 Å². The van der Waals surface area contributed by atoms with Crippen molar-refractivity contribution < 1.29 is 8.83 Å². The Labute approximate surface area is 135 Å². The molecule has 0 spiro atoms. The number of nitrogens with zero attached hydrogens (tertiary/aromatic N) is 2. The number of hydrogen-bond donors (Lipinski definition) is 0. The van der Waals surface area contributed by atoms with Crippen molar-refractivity contribution in [3.05, 3.63) is 29.3 Å². The number of fused-ring (bicyclic) bond motifs is 1. The Kier molecular flexibility index (Phi) is 3.94. The maximum Gasteiger partial charge on any atom is 0.287 e. The molecule has 7 heteroatoms. The minimum Gasteiger partial charge on any atom is -0.451 e. The van der Waals surface area contributed by atoms with Crippen LogP contribution >= 0.6 is 33.2 Å². The Hall–Kier alpha value is -1.11. The van der Waals surface area contributed by atoms with Crippen LogP contribution in [0.3, 0.4) is 0 Å². The van der Waals surface area contributed by atoms with Crippen LogP contribution in [0.15, 0.2) is 38.3 Å². The molecular formula is C14H13ClN2O2S2. The molecule has 0 atom stereocenters. The van der Waals surface area contributed by atoms with Gasteiger partial charge in [-0.3, -0.25) is 0 Å². The van der Waals surface area contributed by atoms with Crippen molar-refractivity contribution in [3.8, 4) is 11.7 Å². The minimum atomic E-state index is 0.120. The summed E-state index contributed by atoms with van der Waals surface area (Å²) in [5, 5.41) is 10.1. The maximum atomic E-state index is 5.96. The molecule has 3 aromatic rings. The molecule has 0 aliphatic carbocycles. The summed E-state index contributed by atoms with van der Waals surface area (Å²) in [5.74, 6) is 0.923. The highest BCUT2D eigenvalue weighted by molar-refractivity contribution is 8.77. The van der Waals surface area contributed by atoms with Crippen molar-refractivity contribution >= 4 is 44.2 Å². The first-order chi connectivity index (χ1) is 9.90. The lowest BCUT2D eigenvalue weighted by Gasteiger charge is -2.13. The molecule has 1 aromatic carbocycles. The summed E-state index contributed by atoms with van der Waals surface area (Å²) in [6.45, 7) is 6.39. The molecular weight excluding hydrogens is 328 g/mol. The standard InChI is InChI=1S/C14H13ClN2O2S2/c1-14(2,3)21-20-13-17-16-12(19-13)11-7-8-6-9(15)4-5-10(8)18-11/h4-7H,1-3H3. The highest BCUT2D eigenvalue weighted by Crippen LogP contribution is 2.40. The van der Waals surface area contributed by atoms with E-state index in [1.54, 1.807) is 16.9 Å². The monoisotopic (exact) mass is 340 g/mol. The molecule has 4 nitrogen and oxygen atoms in total. The van der Waals surface area contributed by atoms with Crippen molar-refractivity contribution in [2.75, 3.05) is 0 Å². The third-order valence-corrected chi connectivity index (χ3v) is 5.76. The molecule has 2 heterocycles. The lowest BCUT2D eigenvalue weighted by atomic mass is 10.2. The molecule has 0 amide bonds. The highest BCUT2D eigenvalue weighted by Gasteiger charge is 2.17. The van der Waals surface area contributed by atoms with E-state index in [1.165, 1.54) is 10.8 Å². The quantitative estimate of drug-likeness (QED) is 0.572. The predicted molar refractivity (Wildman–Crippen MR) is 87.7 cm³/mol. The summed E-state index contributed by atoms with van der Waals surface area (Å²) in [5.41, 5.74) is 0.742. The Morgan fingerprint density at radius 2 is 1.90 bits per heavy atom. The molecule has 0 radical (unpaired) electrons. The summed E-state index contributed by atoms with van der Waals surface area (Å²) in [6, 6.07) is 7.29. The van der Waals surface area contributed by atoms with E-state index in [4.69, 9.17) is 20.4 Å². The molecule has 2 aromatic heterocycles. The molecule has 0 aliphatic heterocycles. The van der Waals surface area contributed by atoms with Gasteiger partial charge in [-0.1, -0.05) is 48.3 Å². The average molecular weight is 341 g/mol. The van der Waals surface area contributed by atoms with Gasteiger partial charge in [-0.15, -0.1) is 5.10 Å². The number of rotatable bonds is 3. The van der Waals surface area contributed by atoms with E-state index < -0.39 is 0 Å². The fourth-order valence-corrected chi connectivity index (χ4v) is 3.48. The lowest BCUT2D eigenvalue weighted by molar-refractivity contribution is 0.453. The first kappa shape index (κ1) is 14.8. The maximum absolute atomic E-state index is 5.96. The normalized spacial score (nSPS) is 12.2. The van der Waals surface area contributed by atoms with Gasteiger partial charge in [0.05, 0.1) is 0 Å². The van der Waals surface area contributed by atoms with Gasteiger partial charge in [0.15, 0.2) is 5.76 Å². The minimum absolute atomic E-state index is 0.120. The van der Waals surface area contributed by atoms with Crippen LogP contribution in [-0.4, -0.2) is 14.9 Å². The van der Waals surface area contributed by atoms with E-state index in [0.29, 0.717) is 21.9 Å². The molecule has 3 rings (SSSR count). The fraction of sp³-hybridized carbons (Fsp3) is 0.286. The zero-order valence-electron chi connectivity index (χ0n) is 11.7. The largest absolute Gasteiger partial charge is 0.451 e. The van der Waals surface area contributed by atoms with Crippen LogP contribution < -0.4 is 0 Å². The third-order valence-electron chi connectivity index (χ3n) is 2.46. The van der Waals surface area contributed by atoms with Gasteiger partial charge in [-0.05, 0) is 24.3 Å². The Bertz CT molecular complexity index is 777. The number of aromatic nitrogens is 2. The van der Waals surface area contributed by atoms with Crippen molar-refractivity contribution in [2.24, 2.45) is 0 Å². The zero-order chi connectivity index (χ0) is 15.0. The second-order valence-corrected chi connectivity index (χ2v) is 8.79. The second kappa shape index (κ2) is 5.59. The Balaban J connectivity index is 1.84. The van der Waals surface area contributed by atoms with Gasteiger partial charge in [0.2, 0.25) is 0 Å². The van der Waals surface area contributed by atoms with Gasteiger partial charge in [-0.2, -0.15) is 0 Å². The van der Waals surface area contributed by atoms with Crippen LogP contribution in [0.25, 0.3) is 22.6 Å². The smallest absolute Gasteiger partial charge is 0.287 e. The van der Waals surface area contributed by atoms with Crippen molar-refractivity contribution in [2.45, 2.75) is 30.7 Å². The molecule has 0 N–H and O–H groups in total.